The SMILES string of the molecule is Cc1cc(C)c2c(N)c(C(O)c3ccc(F)cc3F)sc2n1. The molecule has 3 rings (SSSR count). The normalized spacial score (nSPS) is 12.8. The van der Waals surface area contributed by atoms with Crippen LogP contribution in [0.25, 0.3) is 10.2 Å². The molecule has 3 aromatic rings. The van der Waals surface area contributed by atoms with Crippen LogP contribution >= 0.6 is 11.3 Å². The van der Waals surface area contributed by atoms with Gasteiger partial charge in [0, 0.05) is 22.7 Å². The number of aromatic nitrogens is 1. The van der Waals surface area contributed by atoms with Crippen molar-refractivity contribution < 1.29 is 13.9 Å². The fraction of sp³-hybridized carbons (Fsp3) is 0.188. The number of aliphatic hydroxyl groups is 1. The summed E-state index contributed by atoms with van der Waals surface area (Å²) >= 11 is 1.22. The molecule has 1 atom stereocenters. The molecule has 0 amide bonds. The number of halogens is 2. The number of hydrogen-bond donors (Lipinski definition) is 2. The number of hydrogen-bond acceptors (Lipinski definition) is 4. The van der Waals surface area contributed by atoms with E-state index in [-0.39, 0.29) is 5.56 Å². The van der Waals surface area contributed by atoms with Gasteiger partial charge in [0.15, 0.2) is 0 Å². The minimum Gasteiger partial charge on any atom is -0.397 e. The van der Waals surface area contributed by atoms with Crippen molar-refractivity contribution in [3.05, 3.63) is 57.6 Å². The van der Waals surface area contributed by atoms with Gasteiger partial charge in [-0.15, -0.1) is 11.3 Å². The van der Waals surface area contributed by atoms with E-state index in [9.17, 15) is 13.9 Å². The summed E-state index contributed by atoms with van der Waals surface area (Å²) in [6.45, 7) is 3.78. The summed E-state index contributed by atoms with van der Waals surface area (Å²) in [6.07, 6.45) is -1.25. The van der Waals surface area contributed by atoms with E-state index in [0.717, 1.165) is 28.8 Å². The number of pyridine rings is 1. The van der Waals surface area contributed by atoms with Crippen LogP contribution in [0.1, 0.15) is 27.8 Å². The Morgan fingerprint density at radius 3 is 2.64 bits per heavy atom. The predicted molar refractivity (Wildman–Crippen MR) is 83.9 cm³/mol. The van der Waals surface area contributed by atoms with E-state index >= 15 is 0 Å². The molecule has 3 N–H and O–H groups in total. The first-order valence-corrected chi connectivity index (χ1v) is 7.49. The van der Waals surface area contributed by atoms with Crippen LogP contribution in [-0.2, 0) is 0 Å². The summed E-state index contributed by atoms with van der Waals surface area (Å²) in [5.41, 5.74) is 8.31. The van der Waals surface area contributed by atoms with Gasteiger partial charge in [0.1, 0.15) is 22.6 Å². The smallest absolute Gasteiger partial charge is 0.132 e. The molecule has 0 saturated carbocycles. The summed E-state index contributed by atoms with van der Waals surface area (Å²) < 4.78 is 26.9. The van der Waals surface area contributed by atoms with E-state index in [0.29, 0.717) is 15.4 Å². The minimum absolute atomic E-state index is 0.00553. The number of nitrogens with zero attached hydrogens (tertiary/aromatic N) is 1. The molecule has 0 radical (unpaired) electrons. The highest BCUT2D eigenvalue weighted by atomic mass is 32.1. The highest BCUT2D eigenvalue weighted by Crippen LogP contribution is 2.41. The number of nitrogen functional groups attached to an aromatic ring is 1. The summed E-state index contributed by atoms with van der Waals surface area (Å²) in [5, 5.41) is 11.2. The Kier molecular flexibility index (Phi) is 3.58. The Hall–Kier alpha value is -2.05. The Morgan fingerprint density at radius 2 is 1.95 bits per heavy atom. The molecule has 0 aliphatic carbocycles. The third-order valence-corrected chi connectivity index (χ3v) is 4.71. The number of anilines is 1. The van der Waals surface area contributed by atoms with Crippen molar-refractivity contribution in [3.63, 3.8) is 0 Å². The molecule has 0 aliphatic rings. The Morgan fingerprint density at radius 1 is 1.23 bits per heavy atom. The lowest BCUT2D eigenvalue weighted by atomic mass is 10.0. The number of nitrogens with two attached hydrogens (primary N) is 1. The summed E-state index contributed by atoms with van der Waals surface area (Å²) in [5.74, 6) is -1.49. The molecule has 0 spiro atoms. The first-order valence-electron chi connectivity index (χ1n) is 6.67. The van der Waals surface area contributed by atoms with Gasteiger partial charge in [-0.3, -0.25) is 0 Å². The zero-order valence-electron chi connectivity index (χ0n) is 12.0. The molecule has 1 aromatic carbocycles. The molecule has 3 nitrogen and oxygen atoms in total. The molecule has 22 heavy (non-hydrogen) atoms. The highest BCUT2D eigenvalue weighted by molar-refractivity contribution is 7.19. The number of benzene rings is 1. The maximum atomic E-state index is 13.9. The third kappa shape index (κ3) is 2.34. The van der Waals surface area contributed by atoms with Crippen molar-refractivity contribution in [2.45, 2.75) is 20.0 Å². The van der Waals surface area contributed by atoms with Crippen LogP contribution in [0.15, 0.2) is 24.3 Å². The van der Waals surface area contributed by atoms with Gasteiger partial charge in [-0.25, -0.2) is 13.8 Å². The maximum absolute atomic E-state index is 13.9. The van der Waals surface area contributed by atoms with Crippen LogP contribution in [0, 0.1) is 25.5 Å². The van der Waals surface area contributed by atoms with Crippen molar-refractivity contribution in [3.8, 4) is 0 Å². The van der Waals surface area contributed by atoms with E-state index in [2.05, 4.69) is 4.98 Å². The highest BCUT2D eigenvalue weighted by Gasteiger charge is 2.23. The fourth-order valence-electron chi connectivity index (χ4n) is 2.55. The Labute approximate surface area is 130 Å². The number of aryl methyl sites for hydroxylation is 2. The number of fused-ring (bicyclic) bond motifs is 1. The standard InChI is InChI=1S/C16H14F2N2OS/c1-7-5-8(2)20-16-12(7)13(19)15(22-16)14(21)10-4-3-9(17)6-11(10)18/h3-6,14,21H,19H2,1-2H3. The van der Waals surface area contributed by atoms with E-state index in [1.807, 2.05) is 19.9 Å². The van der Waals surface area contributed by atoms with E-state index in [4.69, 9.17) is 5.73 Å². The topological polar surface area (TPSA) is 59.1 Å². The number of aliphatic hydroxyl groups excluding tert-OH is 1. The molecule has 0 fully saturated rings. The third-order valence-electron chi connectivity index (χ3n) is 3.56. The van der Waals surface area contributed by atoms with Gasteiger partial charge >= 0.3 is 0 Å². The first-order chi connectivity index (χ1) is 10.4. The molecule has 0 bridgehead atoms. The zero-order chi connectivity index (χ0) is 16.0. The molecule has 0 saturated heterocycles. The molecule has 2 heterocycles. The average Bonchev–Trinajstić information content (AvgIpc) is 2.75. The van der Waals surface area contributed by atoms with E-state index in [1.165, 1.54) is 17.4 Å². The summed E-state index contributed by atoms with van der Waals surface area (Å²) in [7, 11) is 0. The predicted octanol–water partition coefficient (Wildman–Crippen LogP) is 3.86. The quantitative estimate of drug-likeness (QED) is 0.754. The van der Waals surface area contributed by atoms with Crippen LogP contribution < -0.4 is 5.73 Å². The maximum Gasteiger partial charge on any atom is 0.132 e. The molecule has 6 heteroatoms. The Bertz CT molecular complexity index is 876. The number of rotatable bonds is 2. The van der Waals surface area contributed by atoms with Gasteiger partial charge in [0.05, 0.1) is 10.6 Å². The lowest BCUT2D eigenvalue weighted by Crippen LogP contribution is -2.03. The van der Waals surface area contributed by atoms with Crippen LogP contribution in [0.4, 0.5) is 14.5 Å². The second kappa shape index (κ2) is 5.30. The summed E-state index contributed by atoms with van der Waals surface area (Å²) in [6, 6.07) is 4.99. The van der Waals surface area contributed by atoms with Gasteiger partial charge in [0.25, 0.3) is 0 Å². The molecule has 1 unspecified atom stereocenters. The second-order valence-corrected chi connectivity index (χ2v) is 6.24. The average molecular weight is 320 g/mol. The monoisotopic (exact) mass is 320 g/mol. The lowest BCUT2D eigenvalue weighted by molar-refractivity contribution is 0.219. The van der Waals surface area contributed by atoms with Gasteiger partial charge in [-0.1, -0.05) is 6.07 Å². The van der Waals surface area contributed by atoms with Crippen molar-refractivity contribution in [1.29, 1.82) is 0 Å². The van der Waals surface area contributed by atoms with Gasteiger partial charge in [0.2, 0.25) is 0 Å². The van der Waals surface area contributed by atoms with Crippen LogP contribution in [0.2, 0.25) is 0 Å². The zero-order valence-corrected chi connectivity index (χ0v) is 12.8. The van der Waals surface area contributed by atoms with Gasteiger partial charge in [-0.2, -0.15) is 0 Å². The minimum atomic E-state index is -1.25. The van der Waals surface area contributed by atoms with Crippen molar-refractivity contribution >= 4 is 27.2 Å². The van der Waals surface area contributed by atoms with E-state index < -0.39 is 17.7 Å². The largest absolute Gasteiger partial charge is 0.397 e. The fourth-order valence-corrected chi connectivity index (χ4v) is 3.78. The van der Waals surface area contributed by atoms with E-state index in [1.54, 1.807) is 0 Å². The van der Waals surface area contributed by atoms with Gasteiger partial charge < -0.3 is 10.8 Å². The van der Waals surface area contributed by atoms with Crippen molar-refractivity contribution in [2.75, 3.05) is 5.73 Å². The van der Waals surface area contributed by atoms with Gasteiger partial charge in [-0.05, 0) is 31.5 Å². The summed E-state index contributed by atoms with van der Waals surface area (Å²) in [4.78, 5) is 5.52. The Balaban J connectivity index is 2.17. The molecule has 2 aromatic heterocycles. The van der Waals surface area contributed by atoms with Crippen LogP contribution in [-0.4, -0.2) is 10.1 Å². The van der Waals surface area contributed by atoms with Crippen LogP contribution in [0.5, 0.6) is 0 Å². The molecular formula is C16H14F2N2OS. The van der Waals surface area contributed by atoms with Crippen molar-refractivity contribution in [2.24, 2.45) is 0 Å². The molecule has 0 aliphatic heterocycles. The van der Waals surface area contributed by atoms with Crippen LogP contribution in [0.3, 0.4) is 0 Å². The molecular weight excluding hydrogens is 306 g/mol. The number of thiophene rings is 1. The van der Waals surface area contributed by atoms with Crippen molar-refractivity contribution in [1.82, 2.24) is 4.98 Å². The second-order valence-electron chi connectivity index (χ2n) is 5.21. The first kappa shape index (κ1) is 14.9. The lowest BCUT2D eigenvalue weighted by Gasteiger charge is -2.11. The molecule has 114 valence electrons.